The van der Waals surface area contributed by atoms with Crippen LogP contribution in [0.15, 0.2) is 17.5 Å². The van der Waals surface area contributed by atoms with Gasteiger partial charge in [-0.25, -0.2) is 0 Å². The highest BCUT2D eigenvalue weighted by molar-refractivity contribution is 7.09. The van der Waals surface area contributed by atoms with Crippen LogP contribution in [0.4, 0.5) is 0 Å². The second-order valence-corrected chi connectivity index (χ2v) is 8.39. The molecule has 0 saturated heterocycles. The third-order valence-corrected chi connectivity index (χ3v) is 6.08. The highest BCUT2D eigenvalue weighted by Gasteiger charge is 2.31. The predicted molar refractivity (Wildman–Crippen MR) is 104 cm³/mol. The molecule has 1 amide bonds. The van der Waals surface area contributed by atoms with E-state index in [1.54, 1.807) is 18.4 Å². The van der Waals surface area contributed by atoms with E-state index in [9.17, 15) is 4.79 Å². The summed E-state index contributed by atoms with van der Waals surface area (Å²) in [5.74, 6) is 0.736. The van der Waals surface area contributed by atoms with Crippen LogP contribution in [0.2, 0.25) is 0 Å². The number of fused-ring (bicyclic) bond motifs is 1. The van der Waals surface area contributed by atoms with Gasteiger partial charge in [0.2, 0.25) is 0 Å². The van der Waals surface area contributed by atoms with Gasteiger partial charge in [0.05, 0.1) is 19.8 Å². The van der Waals surface area contributed by atoms with Crippen LogP contribution in [-0.4, -0.2) is 47.5 Å². The predicted octanol–water partition coefficient (Wildman–Crippen LogP) is 3.11. The Morgan fingerprint density at radius 1 is 1.48 bits per heavy atom. The lowest BCUT2D eigenvalue weighted by molar-refractivity contribution is 0.0706. The van der Waals surface area contributed by atoms with Gasteiger partial charge in [0.15, 0.2) is 5.69 Å². The first kappa shape index (κ1) is 18.7. The maximum absolute atomic E-state index is 13.4. The van der Waals surface area contributed by atoms with E-state index in [1.165, 1.54) is 23.4 Å². The molecule has 0 aromatic carbocycles. The van der Waals surface area contributed by atoms with Crippen LogP contribution in [0.1, 0.15) is 45.9 Å². The Hall–Kier alpha value is -1.70. The van der Waals surface area contributed by atoms with Gasteiger partial charge in [-0.15, -0.1) is 11.3 Å². The molecule has 0 unspecified atom stereocenters. The zero-order chi connectivity index (χ0) is 18.6. The van der Waals surface area contributed by atoms with Gasteiger partial charge >= 0.3 is 0 Å². The first-order valence-electron chi connectivity index (χ1n) is 9.73. The molecule has 0 atom stereocenters. The van der Waals surface area contributed by atoms with Crippen LogP contribution in [0.3, 0.4) is 0 Å². The summed E-state index contributed by atoms with van der Waals surface area (Å²) in [5, 5.41) is 6.82. The fraction of sp³-hybridized carbons (Fsp3) is 0.600. The molecule has 1 aliphatic carbocycles. The molecule has 0 N–H and O–H groups in total. The number of ether oxygens (including phenoxy) is 2. The number of aromatic nitrogens is 2. The van der Waals surface area contributed by atoms with Gasteiger partial charge in [-0.1, -0.05) is 6.07 Å². The van der Waals surface area contributed by atoms with Gasteiger partial charge in [-0.05, 0) is 36.6 Å². The van der Waals surface area contributed by atoms with E-state index in [-0.39, 0.29) is 5.91 Å². The summed E-state index contributed by atoms with van der Waals surface area (Å²) in [6, 6.07) is 4.10. The molecule has 6 nitrogen and oxygen atoms in total. The lowest BCUT2D eigenvalue weighted by atomic mass is 10.1. The van der Waals surface area contributed by atoms with Crippen molar-refractivity contribution in [3.05, 3.63) is 39.3 Å². The fourth-order valence-corrected chi connectivity index (χ4v) is 4.29. The molecule has 1 fully saturated rings. The normalized spacial score (nSPS) is 16.3. The van der Waals surface area contributed by atoms with Crippen molar-refractivity contribution in [1.29, 1.82) is 0 Å². The number of thiophene rings is 1. The SMILES string of the molecule is COCCCN(Cc1cccs1)C(=O)c1nn(CC2CC2)c2c1COCC2. The number of nitrogens with zero attached hydrogens (tertiary/aromatic N) is 3. The second kappa shape index (κ2) is 8.54. The topological polar surface area (TPSA) is 56.6 Å². The highest BCUT2D eigenvalue weighted by atomic mass is 32.1. The Balaban J connectivity index is 1.58. The lowest BCUT2D eigenvalue weighted by Gasteiger charge is -2.22. The Labute approximate surface area is 164 Å². The van der Waals surface area contributed by atoms with Crippen molar-refractivity contribution < 1.29 is 14.3 Å². The van der Waals surface area contributed by atoms with Gasteiger partial charge < -0.3 is 14.4 Å². The van der Waals surface area contributed by atoms with Crippen LogP contribution in [0.5, 0.6) is 0 Å². The summed E-state index contributed by atoms with van der Waals surface area (Å²) in [6.07, 6.45) is 4.21. The maximum Gasteiger partial charge on any atom is 0.275 e. The van der Waals surface area contributed by atoms with E-state index in [1.807, 2.05) is 16.3 Å². The Bertz CT molecular complexity index is 768. The van der Waals surface area contributed by atoms with E-state index in [2.05, 4.69) is 10.7 Å². The van der Waals surface area contributed by atoms with E-state index in [0.29, 0.717) is 38.6 Å². The number of hydrogen-bond acceptors (Lipinski definition) is 5. The summed E-state index contributed by atoms with van der Waals surface area (Å²) < 4.78 is 12.9. The first-order chi connectivity index (χ1) is 13.3. The zero-order valence-electron chi connectivity index (χ0n) is 15.9. The molecule has 3 heterocycles. The van der Waals surface area contributed by atoms with Crippen LogP contribution in [-0.2, 0) is 35.6 Å². The standard InChI is InChI=1S/C20H27N3O3S/c1-25-9-3-8-22(13-16-4-2-11-27-16)20(24)19-17-14-26-10-7-18(17)23(21-19)12-15-5-6-15/h2,4,11,15H,3,5-10,12-14H2,1H3. The minimum atomic E-state index is 0.0100. The molecular formula is C20H27N3O3S. The van der Waals surface area contributed by atoms with Crippen molar-refractivity contribution in [2.75, 3.05) is 26.9 Å². The summed E-state index contributed by atoms with van der Waals surface area (Å²) in [6.45, 7) is 4.06. The maximum atomic E-state index is 13.4. The Kier molecular flexibility index (Phi) is 5.90. The average Bonchev–Trinajstić information content (AvgIpc) is 3.21. The Morgan fingerprint density at radius 2 is 2.37 bits per heavy atom. The van der Waals surface area contributed by atoms with Gasteiger partial charge in [0.25, 0.3) is 5.91 Å². The minimum absolute atomic E-state index is 0.0100. The molecule has 2 aliphatic rings. The quantitative estimate of drug-likeness (QED) is 0.619. The molecule has 0 spiro atoms. The second-order valence-electron chi connectivity index (χ2n) is 7.35. The third kappa shape index (κ3) is 4.42. The first-order valence-corrected chi connectivity index (χ1v) is 10.6. The van der Waals surface area contributed by atoms with Crippen molar-refractivity contribution >= 4 is 17.2 Å². The summed E-state index contributed by atoms with van der Waals surface area (Å²) in [5.41, 5.74) is 2.78. The van der Waals surface area contributed by atoms with Crippen molar-refractivity contribution in [2.45, 2.75) is 45.4 Å². The molecule has 7 heteroatoms. The molecule has 2 aromatic heterocycles. The van der Waals surface area contributed by atoms with Crippen molar-refractivity contribution in [1.82, 2.24) is 14.7 Å². The monoisotopic (exact) mass is 389 g/mol. The smallest absolute Gasteiger partial charge is 0.275 e. The summed E-state index contributed by atoms with van der Waals surface area (Å²) >= 11 is 1.68. The largest absolute Gasteiger partial charge is 0.385 e. The van der Waals surface area contributed by atoms with Gasteiger partial charge in [0.1, 0.15) is 0 Å². The zero-order valence-corrected chi connectivity index (χ0v) is 16.7. The van der Waals surface area contributed by atoms with E-state index in [4.69, 9.17) is 14.6 Å². The molecule has 0 bridgehead atoms. The molecular weight excluding hydrogens is 362 g/mol. The molecule has 0 radical (unpaired) electrons. The van der Waals surface area contributed by atoms with Crippen molar-refractivity contribution in [3.63, 3.8) is 0 Å². The van der Waals surface area contributed by atoms with E-state index < -0.39 is 0 Å². The van der Waals surface area contributed by atoms with Crippen LogP contribution in [0, 0.1) is 5.92 Å². The fourth-order valence-electron chi connectivity index (χ4n) is 3.57. The number of methoxy groups -OCH3 is 1. The van der Waals surface area contributed by atoms with Crippen LogP contribution >= 0.6 is 11.3 Å². The molecule has 27 heavy (non-hydrogen) atoms. The highest BCUT2D eigenvalue weighted by Crippen LogP contribution is 2.32. The third-order valence-electron chi connectivity index (χ3n) is 5.22. The number of amides is 1. The molecule has 1 saturated carbocycles. The van der Waals surface area contributed by atoms with E-state index in [0.717, 1.165) is 30.9 Å². The van der Waals surface area contributed by atoms with Crippen molar-refractivity contribution in [3.8, 4) is 0 Å². The van der Waals surface area contributed by atoms with Gasteiger partial charge in [0, 0.05) is 49.4 Å². The van der Waals surface area contributed by atoms with Crippen molar-refractivity contribution in [2.24, 2.45) is 5.92 Å². The molecule has 4 rings (SSSR count). The molecule has 146 valence electrons. The van der Waals surface area contributed by atoms with Crippen LogP contribution < -0.4 is 0 Å². The van der Waals surface area contributed by atoms with Crippen LogP contribution in [0.25, 0.3) is 0 Å². The number of hydrogen-bond donors (Lipinski definition) is 0. The van der Waals surface area contributed by atoms with Gasteiger partial charge in [-0.3, -0.25) is 9.48 Å². The van der Waals surface area contributed by atoms with E-state index >= 15 is 0 Å². The summed E-state index contributed by atoms with van der Waals surface area (Å²) in [4.78, 5) is 16.5. The molecule has 1 aliphatic heterocycles. The number of rotatable bonds is 9. The minimum Gasteiger partial charge on any atom is -0.385 e. The number of carbonyl (C=O) groups is 1. The Morgan fingerprint density at radius 3 is 3.11 bits per heavy atom. The molecule has 2 aromatic rings. The average molecular weight is 390 g/mol. The van der Waals surface area contributed by atoms with Gasteiger partial charge in [-0.2, -0.15) is 5.10 Å². The number of carbonyl (C=O) groups excluding carboxylic acids is 1. The lowest BCUT2D eigenvalue weighted by Crippen LogP contribution is -2.33. The summed E-state index contributed by atoms with van der Waals surface area (Å²) in [7, 11) is 1.69.